The van der Waals surface area contributed by atoms with Crippen LogP contribution in [-0.2, 0) is 20.0 Å². The number of carbonyl (C=O) groups is 1. The quantitative estimate of drug-likeness (QED) is 0.817. The maximum atomic E-state index is 12.4. The zero-order valence-corrected chi connectivity index (χ0v) is 16.7. The van der Waals surface area contributed by atoms with Gasteiger partial charge in [0.25, 0.3) is 0 Å². The van der Waals surface area contributed by atoms with E-state index in [0.717, 1.165) is 11.3 Å². The van der Waals surface area contributed by atoms with E-state index in [1.807, 2.05) is 57.2 Å². The molecule has 1 N–H and O–H groups in total. The number of rotatable bonds is 4. The Balaban J connectivity index is 1.84. The summed E-state index contributed by atoms with van der Waals surface area (Å²) >= 11 is 0. The molecule has 2 heterocycles. The van der Waals surface area contributed by atoms with Crippen LogP contribution in [0, 0.1) is 0 Å². The number of benzene rings is 1. The molecule has 0 aliphatic carbocycles. The Hall–Kier alpha value is -2.41. The van der Waals surface area contributed by atoms with Gasteiger partial charge in [0.05, 0.1) is 23.2 Å². The summed E-state index contributed by atoms with van der Waals surface area (Å²) in [4.78, 5) is 12.4. The van der Waals surface area contributed by atoms with Gasteiger partial charge in [0.15, 0.2) is 9.84 Å². The molecule has 1 aliphatic rings. The van der Waals surface area contributed by atoms with Gasteiger partial charge < -0.3 is 5.32 Å². The summed E-state index contributed by atoms with van der Waals surface area (Å²) in [6.07, 6.45) is 3.71. The van der Waals surface area contributed by atoms with Gasteiger partial charge in [0.2, 0.25) is 5.91 Å². The number of anilines is 1. The van der Waals surface area contributed by atoms with Crippen LogP contribution >= 0.6 is 0 Å². The maximum Gasteiger partial charge on any atom is 0.249 e. The van der Waals surface area contributed by atoms with Crippen molar-refractivity contribution in [3.63, 3.8) is 0 Å². The monoisotopic (exact) mass is 387 g/mol. The summed E-state index contributed by atoms with van der Waals surface area (Å²) in [6.45, 7) is 6.10. The van der Waals surface area contributed by atoms with E-state index in [9.17, 15) is 13.2 Å². The summed E-state index contributed by atoms with van der Waals surface area (Å²) in [5.74, 6) is 0.469. The van der Waals surface area contributed by atoms with Crippen LogP contribution in [0.2, 0.25) is 0 Å². The van der Waals surface area contributed by atoms with E-state index < -0.39 is 9.84 Å². The second-order valence-corrected chi connectivity index (χ2v) is 10.1. The van der Waals surface area contributed by atoms with E-state index in [-0.39, 0.29) is 28.9 Å². The predicted octanol–water partition coefficient (Wildman–Crippen LogP) is 3.19. The highest BCUT2D eigenvalue weighted by Gasteiger charge is 2.32. The van der Waals surface area contributed by atoms with Crippen molar-refractivity contribution >= 4 is 27.6 Å². The van der Waals surface area contributed by atoms with Gasteiger partial charge in [-0.25, -0.2) is 13.1 Å². The highest BCUT2D eigenvalue weighted by molar-refractivity contribution is 7.91. The third kappa shape index (κ3) is 4.86. The molecule has 6 nitrogen and oxygen atoms in total. The van der Waals surface area contributed by atoms with Gasteiger partial charge in [-0.2, -0.15) is 5.10 Å². The topological polar surface area (TPSA) is 81.1 Å². The van der Waals surface area contributed by atoms with Crippen molar-refractivity contribution in [1.29, 1.82) is 0 Å². The summed E-state index contributed by atoms with van der Waals surface area (Å²) in [5, 5.41) is 7.47. The Bertz CT molecular complexity index is 954. The molecule has 2 aromatic rings. The van der Waals surface area contributed by atoms with Crippen molar-refractivity contribution in [3.8, 4) is 0 Å². The molecule has 144 valence electrons. The van der Waals surface area contributed by atoms with E-state index in [2.05, 4.69) is 10.4 Å². The molecule has 0 radical (unpaired) electrons. The molecule has 1 aliphatic heterocycles. The average molecular weight is 388 g/mol. The third-order valence-electron chi connectivity index (χ3n) is 4.54. The molecule has 1 aromatic carbocycles. The van der Waals surface area contributed by atoms with Crippen LogP contribution in [-0.4, -0.2) is 35.6 Å². The number of hydrogen-bond acceptors (Lipinski definition) is 4. The first-order valence-electron chi connectivity index (χ1n) is 8.99. The first-order valence-corrected chi connectivity index (χ1v) is 10.8. The number of carbonyl (C=O) groups excluding carboxylic acids is 1. The van der Waals surface area contributed by atoms with Crippen LogP contribution in [0.3, 0.4) is 0 Å². The van der Waals surface area contributed by atoms with E-state index in [1.165, 1.54) is 6.08 Å². The molecular formula is C20H25N3O3S. The van der Waals surface area contributed by atoms with Crippen molar-refractivity contribution < 1.29 is 13.2 Å². The second-order valence-electron chi connectivity index (χ2n) is 7.90. The van der Waals surface area contributed by atoms with E-state index in [0.29, 0.717) is 12.2 Å². The van der Waals surface area contributed by atoms with Crippen LogP contribution in [0.5, 0.6) is 0 Å². The van der Waals surface area contributed by atoms with Crippen molar-refractivity contribution in [2.24, 2.45) is 0 Å². The summed E-state index contributed by atoms with van der Waals surface area (Å²) in [6, 6.07) is 11.1. The number of sulfone groups is 1. The molecule has 0 unspecified atom stereocenters. The summed E-state index contributed by atoms with van der Waals surface area (Å²) in [7, 11) is -3.05. The van der Waals surface area contributed by atoms with Crippen molar-refractivity contribution in [1.82, 2.24) is 9.78 Å². The predicted molar refractivity (Wildman–Crippen MR) is 107 cm³/mol. The van der Waals surface area contributed by atoms with Gasteiger partial charge in [0.1, 0.15) is 5.82 Å². The lowest BCUT2D eigenvalue weighted by Crippen LogP contribution is -2.19. The minimum absolute atomic E-state index is 0.0565. The molecule has 1 aromatic heterocycles. The Morgan fingerprint density at radius 1 is 1.26 bits per heavy atom. The van der Waals surface area contributed by atoms with Gasteiger partial charge >= 0.3 is 0 Å². The lowest BCUT2D eigenvalue weighted by Gasteiger charge is -2.15. The first kappa shape index (κ1) is 19.4. The minimum atomic E-state index is -3.05. The Labute approximate surface area is 160 Å². The van der Waals surface area contributed by atoms with Crippen LogP contribution in [0.15, 0.2) is 42.5 Å². The smallest absolute Gasteiger partial charge is 0.249 e. The summed E-state index contributed by atoms with van der Waals surface area (Å²) in [5.41, 5.74) is 1.54. The Morgan fingerprint density at radius 3 is 2.56 bits per heavy atom. The van der Waals surface area contributed by atoms with Crippen LogP contribution in [0.4, 0.5) is 5.82 Å². The van der Waals surface area contributed by atoms with E-state index in [1.54, 1.807) is 10.8 Å². The molecule has 1 saturated heterocycles. The van der Waals surface area contributed by atoms with Crippen LogP contribution < -0.4 is 5.32 Å². The molecule has 7 heteroatoms. The SMILES string of the molecule is CC(C)(C)c1cc(NC(=O)/C=C/c2ccccc2)n([C@H]2CCS(=O)(=O)C2)n1. The summed E-state index contributed by atoms with van der Waals surface area (Å²) < 4.78 is 25.4. The molecule has 0 spiro atoms. The Kier molecular flexibility index (Phi) is 5.24. The number of amides is 1. The normalized spacial score (nSPS) is 19.4. The minimum Gasteiger partial charge on any atom is -0.307 e. The first-order chi connectivity index (χ1) is 12.6. The zero-order chi connectivity index (χ0) is 19.7. The molecule has 3 rings (SSSR count). The van der Waals surface area contributed by atoms with Gasteiger partial charge in [0, 0.05) is 17.6 Å². The number of aromatic nitrogens is 2. The standard InChI is InChI=1S/C20H25N3O3S/c1-20(2,3)17-13-18(23(22-17)16-11-12-27(25,26)14-16)21-19(24)10-9-15-7-5-4-6-8-15/h4-10,13,16H,11-12,14H2,1-3H3,(H,21,24)/b10-9+/t16-/m0/s1. The Morgan fingerprint density at radius 2 is 1.96 bits per heavy atom. The fraction of sp³-hybridized carbons (Fsp3) is 0.400. The number of nitrogens with zero attached hydrogens (tertiary/aromatic N) is 2. The van der Waals surface area contributed by atoms with Gasteiger partial charge in [-0.3, -0.25) is 4.79 Å². The lowest BCUT2D eigenvalue weighted by atomic mass is 9.92. The van der Waals surface area contributed by atoms with Crippen molar-refractivity contribution in [3.05, 3.63) is 53.7 Å². The molecule has 0 bridgehead atoms. The molecular weight excluding hydrogens is 362 g/mol. The molecule has 1 fully saturated rings. The van der Waals surface area contributed by atoms with Crippen molar-refractivity contribution in [2.45, 2.75) is 38.6 Å². The molecule has 1 amide bonds. The number of hydrogen-bond donors (Lipinski definition) is 1. The average Bonchev–Trinajstić information content (AvgIpc) is 3.17. The highest BCUT2D eigenvalue weighted by atomic mass is 32.2. The molecule has 27 heavy (non-hydrogen) atoms. The largest absolute Gasteiger partial charge is 0.307 e. The fourth-order valence-corrected chi connectivity index (χ4v) is 4.70. The second kappa shape index (κ2) is 7.31. The zero-order valence-electron chi connectivity index (χ0n) is 15.8. The van der Waals surface area contributed by atoms with E-state index >= 15 is 0 Å². The van der Waals surface area contributed by atoms with Gasteiger partial charge in [-0.1, -0.05) is 51.1 Å². The number of nitrogens with one attached hydrogen (secondary N) is 1. The fourth-order valence-electron chi connectivity index (χ4n) is 3.00. The lowest BCUT2D eigenvalue weighted by molar-refractivity contribution is -0.111. The third-order valence-corrected chi connectivity index (χ3v) is 6.29. The van der Waals surface area contributed by atoms with Crippen LogP contribution in [0.25, 0.3) is 6.08 Å². The van der Waals surface area contributed by atoms with Crippen molar-refractivity contribution in [2.75, 3.05) is 16.8 Å². The molecule has 1 atom stereocenters. The highest BCUT2D eigenvalue weighted by Crippen LogP contribution is 2.30. The maximum absolute atomic E-state index is 12.4. The van der Waals surface area contributed by atoms with E-state index in [4.69, 9.17) is 0 Å². The van der Waals surface area contributed by atoms with Gasteiger partial charge in [-0.15, -0.1) is 0 Å². The molecule has 0 saturated carbocycles. The van der Waals surface area contributed by atoms with Gasteiger partial charge in [-0.05, 0) is 18.1 Å². The van der Waals surface area contributed by atoms with Crippen LogP contribution in [0.1, 0.15) is 44.5 Å².